The number of esters is 1. The lowest BCUT2D eigenvalue weighted by Crippen LogP contribution is -2.39. The van der Waals surface area contributed by atoms with E-state index in [-0.39, 0.29) is 25.4 Å². The molecule has 56 heavy (non-hydrogen) atoms. The third-order valence-electron chi connectivity index (χ3n) is 9.94. The number of methoxy groups -OCH3 is 1. The van der Waals surface area contributed by atoms with Gasteiger partial charge in [-0.2, -0.15) is 0 Å². The molecule has 2 saturated carbocycles. The minimum absolute atomic E-state index is 0.0701. The first-order chi connectivity index (χ1) is 26.8. The van der Waals surface area contributed by atoms with Crippen molar-refractivity contribution in [1.82, 2.24) is 9.97 Å². The largest absolute Gasteiger partial charge is 0.465 e. The quantitative estimate of drug-likeness (QED) is 0.104. The van der Waals surface area contributed by atoms with Gasteiger partial charge in [-0.25, -0.2) is 21.6 Å². The average molecular weight is 845 g/mol. The Hall–Kier alpha value is -4.08. The molecule has 0 amide bonds. The van der Waals surface area contributed by atoms with E-state index in [1.807, 2.05) is 0 Å². The van der Waals surface area contributed by atoms with Crippen molar-refractivity contribution in [3.05, 3.63) is 118 Å². The second-order valence-electron chi connectivity index (χ2n) is 13.8. The normalized spacial score (nSPS) is 15.3. The first kappa shape index (κ1) is 43.1. The van der Waals surface area contributed by atoms with Crippen molar-refractivity contribution in [2.75, 3.05) is 22.3 Å². The van der Waals surface area contributed by atoms with Crippen LogP contribution in [-0.4, -0.2) is 62.7 Å². The third kappa shape index (κ3) is 11.1. The molecule has 0 unspecified atom stereocenters. The monoisotopic (exact) mass is 843 g/mol. The first-order valence-electron chi connectivity index (χ1n) is 18.6. The number of nitrogens with zero attached hydrogens (tertiary/aromatic N) is 4. The number of sulfonamides is 2. The molecule has 4 aromatic rings. The van der Waals surface area contributed by atoms with Gasteiger partial charge in [0.15, 0.2) is 5.78 Å². The lowest BCUT2D eigenvalue weighted by Gasteiger charge is -2.31. The molecule has 12 nitrogen and oxygen atoms in total. The van der Waals surface area contributed by atoms with E-state index in [0.717, 1.165) is 38.5 Å². The number of carbonyl (C=O) groups excluding carboxylic acids is 2. The predicted octanol–water partition coefficient (Wildman–Crippen LogP) is 7.74. The summed E-state index contributed by atoms with van der Waals surface area (Å²) in [6, 6.07) is 20.1. The van der Waals surface area contributed by atoms with Crippen LogP contribution in [0.15, 0.2) is 85.2 Å². The number of hydrogen-bond donors (Lipinski definition) is 1. The van der Waals surface area contributed by atoms with Crippen molar-refractivity contribution in [2.24, 2.45) is 5.73 Å². The molecule has 0 saturated heterocycles. The predicted molar refractivity (Wildman–Crippen MR) is 220 cm³/mol. The number of hydrogen-bond acceptors (Lipinski definition) is 10. The summed E-state index contributed by atoms with van der Waals surface area (Å²) in [6.07, 6.45) is 11.3. The van der Waals surface area contributed by atoms with Gasteiger partial charge in [-0.1, -0.05) is 73.9 Å². The first-order valence-corrected chi connectivity index (χ1v) is 22.4. The zero-order chi connectivity index (χ0) is 40.3. The SMILES string of the molecule is COC(=O)c1ccc(CN(c2cccc(Cl)c2)S(=O)(=O)C2CCCCC2)nc1.NCC(=O)c1ccc(CN(c2cccc(Cl)c2)S(=O)(=O)C2CCCCC2)nc1. The van der Waals surface area contributed by atoms with Gasteiger partial charge in [-0.05, 0) is 86.3 Å². The highest BCUT2D eigenvalue weighted by Crippen LogP contribution is 2.33. The van der Waals surface area contributed by atoms with E-state index in [1.165, 1.54) is 28.1 Å². The summed E-state index contributed by atoms with van der Waals surface area (Å²) < 4.78 is 61.1. The summed E-state index contributed by atoms with van der Waals surface area (Å²) in [5.74, 6) is -0.693. The van der Waals surface area contributed by atoms with Crippen LogP contribution in [-0.2, 0) is 37.9 Å². The van der Waals surface area contributed by atoms with E-state index >= 15 is 0 Å². The number of carbonyl (C=O) groups is 2. The van der Waals surface area contributed by atoms with Gasteiger partial charge in [0.05, 0.1) is 65.6 Å². The molecule has 2 heterocycles. The number of halogens is 2. The van der Waals surface area contributed by atoms with E-state index in [0.29, 0.717) is 69.6 Å². The van der Waals surface area contributed by atoms with Crippen molar-refractivity contribution < 1.29 is 31.2 Å². The molecular formula is C40H47Cl2N5O7S2. The molecule has 0 bridgehead atoms. The highest BCUT2D eigenvalue weighted by Gasteiger charge is 2.35. The van der Waals surface area contributed by atoms with Gasteiger partial charge in [0.2, 0.25) is 20.0 Å². The Morgan fingerprint density at radius 3 is 1.46 bits per heavy atom. The Kier molecular flexibility index (Phi) is 15.3. The molecular weight excluding hydrogens is 798 g/mol. The van der Waals surface area contributed by atoms with Crippen molar-refractivity contribution in [3.63, 3.8) is 0 Å². The second kappa shape index (κ2) is 19.9. The molecule has 0 atom stereocenters. The van der Waals surface area contributed by atoms with Crippen LogP contribution in [0.3, 0.4) is 0 Å². The maximum Gasteiger partial charge on any atom is 0.339 e. The van der Waals surface area contributed by atoms with Crippen molar-refractivity contribution in [2.45, 2.75) is 87.8 Å². The number of nitrogens with two attached hydrogens (primary N) is 1. The molecule has 0 aliphatic heterocycles. The molecule has 0 radical (unpaired) electrons. The molecule has 2 aliphatic carbocycles. The van der Waals surface area contributed by atoms with Crippen LogP contribution in [0.4, 0.5) is 11.4 Å². The molecule has 6 rings (SSSR count). The van der Waals surface area contributed by atoms with E-state index < -0.39 is 36.5 Å². The van der Waals surface area contributed by atoms with Crippen molar-refractivity contribution in [1.29, 1.82) is 0 Å². The summed E-state index contributed by atoms with van der Waals surface area (Å²) in [4.78, 5) is 31.8. The lowest BCUT2D eigenvalue weighted by molar-refractivity contribution is 0.0600. The topological polar surface area (TPSA) is 170 Å². The Labute approximate surface area is 339 Å². The Morgan fingerprint density at radius 2 is 1.11 bits per heavy atom. The van der Waals surface area contributed by atoms with Gasteiger partial charge < -0.3 is 10.5 Å². The van der Waals surface area contributed by atoms with Crippen LogP contribution in [0.1, 0.15) is 96.3 Å². The molecule has 0 spiro atoms. The molecule has 2 fully saturated rings. The summed E-state index contributed by atoms with van der Waals surface area (Å²) in [6.45, 7) is 0.0582. The van der Waals surface area contributed by atoms with Crippen LogP contribution in [0, 0.1) is 0 Å². The maximum absolute atomic E-state index is 13.4. The summed E-state index contributed by atoms with van der Waals surface area (Å²) in [5, 5.41) is 0.126. The maximum atomic E-state index is 13.4. The van der Waals surface area contributed by atoms with Gasteiger partial charge in [0.25, 0.3) is 0 Å². The Bertz CT molecular complexity index is 2010. The molecule has 300 valence electrons. The summed E-state index contributed by atoms with van der Waals surface area (Å²) >= 11 is 12.2. The number of anilines is 2. The third-order valence-corrected chi connectivity index (χ3v) is 14.9. The fourth-order valence-corrected chi connectivity index (χ4v) is 11.2. The highest BCUT2D eigenvalue weighted by atomic mass is 35.5. The highest BCUT2D eigenvalue weighted by molar-refractivity contribution is 7.93. The molecule has 2 aromatic carbocycles. The fraction of sp³-hybridized carbons (Fsp3) is 0.400. The number of benzene rings is 2. The number of pyridine rings is 2. The smallest absolute Gasteiger partial charge is 0.339 e. The molecule has 2 aliphatic rings. The van der Waals surface area contributed by atoms with E-state index in [2.05, 4.69) is 14.7 Å². The van der Waals surface area contributed by atoms with Gasteiger partial charge in [0, 0.05) is 28.0 Å². The molecule has 2 N–H and O–H groups in total. The standard InChI is InChI=1S/C20H24ClN3O3S.C20H23ClN2O4S/c21-16-5-4-6-18(11-16)24(28(26,27)19-7-2-1-3-8-19)14-17-10-9-15(13-23-17)20(25)12-22;1-27-20(24)15-10-11-17(22-13-15)14-23(18-7-5-6-16(21)12-18)28(25,26)19-8-3-2-4-9-19/h4-6,9-11,13,19H,1-3,7-8,12,14,22H2;5-7,10-13,19H,2-4,8-9,14H2,1H3. The van der Waals surface area contributed by atoms with Crippen molar-refractivity contribution >= 4 is 66.4 Å². The van der Waals surface area contributed by atoms with Crippen molar-refractivity contribution in [3.8, 4) is 0 Å². The van der Waals surface area contributed by atoms with Crippen LogP contribution < -0.4 is 14.3 Å². The zero-order valence-electron chi connectivity index (χ0n) is 31.2. The van der Waals surface area contributed by atoms with Crippen LogP contribution in [0.2, 0.25) is 10.0 Å². The van der Waals surface area contributed by atoms with E-state index in [4.69, 9.17) is 28.9 Å². The number of rotatable bonds is 13. The number of aromatic nitrogens is 2. The van der Waals surface area contributed by atoms with Gasteiger partial charge in [-0.15, -0.1) is 0 Å². The number of ketones is 1. The van der Waals surface area contributed by atoms with E-state index in [9.17, 15) is 26.4 Å². The summed E-state index contributed by atoms with van der Waals surface area (Å²) in [7, 11) is -5.86. The number of ether oxygens (including phenoxy) is 1. The van der Waals surface area contributed by atoms with E-state index in [1.54, 1.807) is 72.8 Å². The minimum atomic E-state index is -3.58. The molecule has 2 aromatic heterocycles. The van der Waals surface area contributed by atoms with Crippen LogP contribution >= 0.6 is 23.2 Å². The average Bonchev–Trinajstić information content (AvgIpc) is 3.22. The minimum Gasteiger partial charge on any atom is -0.465 e. The molecule has 16 heteroatoms. The zero-order valence-corrected chi connectivity index (χ0v) is 34.4. The van der Waals surface area contributed by atoms with Gasteiger partial charge in [0.1, 0.15) is 0 Å². The van der Waals surface area contributed by atoms with Gasteiger partial charge >= 0.3 is 5.97 Å². The fourth-order valence-electron chi connectivity index (χ4n) is 6.86. The lowest BCUT2D eigenvalue weighted by atomic mass is 10.0. The van der Waals surface area contributed by atoms with Gasteiger partial charge in [-0.3, -0.25) is 23.4 Å². The number of Topliss-reactive ketones (excluding diaryl/α,β-unsaturated/α-hetero) is 1. The Morgan fingerprint density at radius 1 is 0.679 bits per heavy atom. The van der Waals surface area contributed by atoms with Crippen LogP contribution in [0.25, 0.3) is 0 Å². The van der Waals surface area contributed by atoms with Crippen LogP contribution in [0.5, 0.6) is 0 Å². The Balaban J connectivity index is 0.000000214. The second-order valence-corrected chi connectivity index (χ2v) is 18.9. The summed E-state index contributed by atoms with van der Waals surface area (Å²) in [5.41, 5.74) is 8.21.